The van der Waals surface area contributed by atoms with E-state index >= 15 is 0 Å². The summed E-state index contributed by atoms with van der Waals surface area (Å²) in [5.74, 6) is 0.662. The van der Waals surface area contributed by atoms with Gasteiger partial charge in [-0.1, -0.05) is 24.3 Å². The molecule has 2 rings (SSSR count). The Morgan fingerprint density at radius 2 is 1.96 bits per heavy atom. The SMILES string of the molecule is C/C=C(\Oc1cc(COc2ccccc2C#N)ccc1C)C(=O)OC. The van der Waals surface area contributed by atoms with E-state index in [1.165, 1.54) is 7.11 Å². The summed E-state index contributed by atoms with van der Waals surface area (Å²) in [6.07, 6.45) is 1.55. The zero-order chi connectivity index (χ0) is 18.2. The van der Waals surface area contributed by atoms with Gasteiger partial charge in [0.1, 0.15) is 24.2 Å². The van der Waals surface area contributed by atoms with Crippen LogP contribution in [0.1, 0.15) is 23.6 Å². The first kappa shape index (κ1) is 18.1. The van der Waals surface area contributed by atoms with Gasteiger partial charge in [-0.05, 0) is 49.2 Å². The quantitative estimate of drug-likeness (QED) is 0.454. The van der Waals surface area contributed by atoms with Crippen molar-refractivity contribution >= 4 is 5.97 Å². The summed E-state index contributed by atoms with van der Waals surface area (Å²) in [5, 5.41) is 9.10. The van der Waals surface area contributed by atoms with Crippen LogP contribution in [-0.4, -0.2) is 13.1 Å². The number of allylic oxidation sites excluding steroid dienone is 1. The van der Waals surface area contributed by atoms with Crippen molar-refractivity contribution in [3.05, 3.63) is 71.0 Å². The Morgan fingerprint density at radius 3 is 2.64 bits per heavy atom. The monoisotopic (exact) mass is 337 g/mol. The van der Waals surface area contributed by atoms with Gasteiger partial charge in [0.2, 0.25) is 5.76 Å². The van der Waals surface area contributed by atoms with Crippen molar-refractivity contribution in [1.82, 2.24) is 0 Å². The number of para-hydroxylation sites is 1. The van der Waals surface area contributed by atoms with Gasteiger partial charge in [-0.2, -0.15) is 5.26 Å². The zero-order valence-electron chi connectivity index (χ0n) is 14.4. The molecule has 5 nitrogen and oxygen atoms in total. The average molecular weight is 337 g/mol. The Hall–Kier alpha value is -3.26. The van der Waals surface area contributed by atoms with Crippen molar-refractivity contribution in [3.63, 3.8) is 0 Å². The molecule has 5 heteroatoms. The first-order valence-electron chi connectivity index (χ1n) is 7.73. The number of nitrogens with zero attached hydrogens (tertiary/aromatic N) is 1. The highest BCUT2D eigenvalue weighted by Gasteiger charge is 2.13. The second kappa shape index (κ2) is 8.55. The molecule has 0 N–H and O–H groups in total. The molecule has 0 fully saturated rings. The summed E-state index contributed by atoms with van der Waals surface area (Å²) in [4.78, 5) is 11.7. The molecule has 0 heterocycles. The molecule has 0 unspecified atom stereocenters. The number of aryl methyl sites for hydroxylation is 1. The van der Waals surface area contributed by atoms with Crippen LogP contribution in [0, 0.1) is 18.3 Å². The van der Waals surface area contributed by atoms with Gasteiger partial charge in [-0.3, -0.25) is 0 Å². The third-order valence-electron chi connectivity index (χ3n) is 3.52. The van der Waals surface area contributed by atoms with E-state index in [0.29, 0.717) is 17.1 Å². The fourth-order valence-electron chi connectivity index (χ4n) is 2.13. The van der Waals surface area contributed by atoms with E-state index in [1.807, 2.05) is 25.1 Å². The Labute approximate surface area is 147 Å². The predicted octanol–water partition coefficient (Wildman–Crippen LogP) is 3.90. The number of ether oxygens (including phenoxy) is 3. The van der Waals surface area contributed by atoms with Crippen LogP contribution < -0.4 is 9.47 Å². The lowest BCUT2D eigenvalue weighted by Gasteiger charge is -2.13. The lowest BCUT2D eigenvalue weighted by Crippen LogP contribution is -2.11. The first-order chi connectivity index (χ1) is 12.1. The van der Waals surface area contributed by atoms with Gasteiger partial charge >= 0.3 is 5.97 Å². The van der Waals surface area contributed by atoms with Gasteiger partial charge in [0, 0.05) is 0 Å². The fourth-order valence-corrected chi connectivity index (χ4v) is 2.13. The molecule has 0 aromatic heterocycles. The van der Waals surface area contributed by atoms with Crippen LogP contribution in [0.4, 0.5) is 0 Å². The van der Waals surface area contributed by atoms with E-state index in [-0.39, 0.29) is 12.4 Å². The van der Waals surface area contributed by atoms with Gasteiger partial charge in [-0.25, -0.2) is 4.79 Å². The molecule has 0 bridgehead atoms. The van der Waals surface area contributed by atoms with Crippen molar-refractivity contribution in [2.75, 3.05) is 7.11 Å². The van der Waals surface area contributed by atoms with E-state index in [2.05, 4.69) is 10.8 Å². The van der Waals surface area contributed by atoms with Crippen LogP contribution >= 0.6 is 0 Å². The van der Waals surface area contributed by atoms with Crippen molar-refractivity contribution in [3.8, 4) is 17.6 Å². The number of esters is 1. The van der Waals surface area contributed by atoms with Crippen molar-refractivity contribution in [1.29, 1.82) is 5.26 Å². The lowest BCUT2D eigenvalue weighted by atomic mass is 10.1. The molecule has 0 radical (unpaired) electrons. The molecule has 2 aromatic carbocycles. The van der Waals surface area contributed by atoms with Crippen LogP contribution in [0.2, 0.25) is 0 Å². The maximum absolute atomic E-state index is 11.7. The Morgan fingerprint density at radius 1 is 1.20 bits per heavy atom. The highest BCUT2D eigenvalue weighted by atomic mass is 16.6. The number of benzene rings is 2. The molecule has 0 aliphatic heterocycles. The minimum Gasteiger partial charge on any atom is -0.488 e. The molecule has 0 aliphatic carbocycles. The highest BCUT2D eigenvalue weighted by Crippen LogP contribution is 2.24. The minimum absolute atomic E-state index is 0.124. The van der Waals surface area contributed by atoms with Crippen LogP contribution in [-0.2, 0) is 16.1 Å². The van der Waals surface area contributed by atoms with E-state index in [0.717, 1.165) is 11.1 Å². The van der Waals surface area contributed by atoms with Crippen LogP contribution in [0.5, 0.6) is 11.5 Å². The number of methoxy groups -OCH3 is 1. The number of nitriles is 1. The molecular formula is C20H19NO4. The van der Waals surface area contributed by atoms with Gasteiger partial charge in [0.15, 0.2) is 0 Å². The number of carbonyl (C=O) groups excluding carboxylic acids is 1. The Balaban J connectivity index is 2.16. The molecule has 0 amide bonds. The van der Waals surface area contributed by atoms with E-state index in [1.54, 1.807) is 37.3 Å². The van der Waals surface area contributed by atoms with Crippen LogP contribution in [0.25, 0.3) is 0 Å². The smallest absolute Gasteiger partial charge is 0.373 e. The topological polar surface area (TPSA) is 68.5 Å². The predicted molar refractivity (Wildman–Crippen MR) is 93.1 cm³/mol. The summed E-state index contributed by atoms with van der Waals surface area (Å²) >= 11 is 0. The van der Waals surface area contributed by atoms with Gasteiger partial charge in [0.05, 0.1) is 12.7 Å². The summed E-state index contributed by atoms with van der Waals surface area (Å²) in [6, 6.07) is 14.7. The molecule has 2 aromatic rings. The van der Waals surface area contributed by atoms with Gasteiger partial charge in [-0.15, -0.1) is 0 Å². The molecule has 128 valence electrons. The largest absolute Gasteiger partial charge is 0.488 e. The Kier molecular flexibility index (Phi) is 6.19. The zero-order valence-corrected chi connectivity index (χ0v) is 14.4. The molecule has 0 aliphatic rings. The number of hydrogen-bond acceptors (Lipinski definition) is 5. The van der Waals surface area contributed by atoms with E-state index < -0.39 is 5.97 Å². The maximum Gasteiger partial charge on any atom is 0.373 e. The third-order valence-corrected chi connectivity index (χ3v) is 3.52. The van der Waals surface area contributed by atoms with E-state index in [4.69, 9.17) is 14.7 Å². The number of rotatable bonds is 6. The second-order valence-electron chi connectivity index (χ2n) is 5.24. The molecular weight excluding hydrogens is 318 g/mol. The normalized spacial score (nSPS) is 10.7. The van der Waals surface area contributed by atoms with Crippen LogP contribution in [0.15, 0.2) is 54.3 Å². The van der Waals surface area contributed by atoms with E-state index in [9.17, 15) is 4.79 Å². The summed E-state index contributed by atoms with van der Waals surface area (Å²) in [5.41, 5.74) is 2.21. The summed E-state index contributed by atoms with van der Waals surface area (Å²) in [6.45, 7) is 3.86. The molecule has 0 saturated carbocycles. The summed E-state index contributed by atoms with van der Waals surface area (Å²) < 4.78 is 16.1. The highest BCUT2D eigenvalue weighted by molar-refractivity contribution is 5.86. The molecule has 0 spiro atoms. The molecule has 0 saturated heterocycles. The Bertz CT molecular complexity index is 834. The number of carbonyl (C=O) groups is 1. The first-order valence-corrected chi connectivity index (χ1v) is 7.73. The van der Waals surface area contributed by atoms with Crippen LogP contribution in [0.3, 0.4) is 0 Å². The fraction of sp³-hybridized carbons (Fsp3) is 0.200. The molecule has 25 heavy (non-hydrogen) atoms. The maximum atomic E-state index is 11.7. The minimum atomic E-state index is -0.536. The molecule has 0 atom stereocenters. The lowest BCUT2D eigenvalue weighted by molar-refractivity contribution is -0.138. The van der Waals surface area contributed by atoms with Crippen molar-refractivity contribution in [2.24, 2.45) is 0 Å². The summed E-state index contributed by atoms with van der Waals surface area (Å²) in [7, 11) is 1.30. The van der Waals surface area contributed by atoms with Crippen molar-refractivity contribution < 1.29 is 19.0 Å². The second-order valence-corrected chi connectivity index (χ2v) is 5.24. The van der Waals surface area contributed by atoms with Gasteiger partial charge < -0.3 is 14.2 Å². The van der Waals surface area contributed by atoms with Crippen molar-refractivity contribution in [2.45, 2.75) is 20.5 Å². The standard InChI is InChI=1S/C20H19NO4/c1-4-17(20(22)23-3)25-19-11-15(10-9-14(19)2)13-24-18-8-6-5-7-16(18)12-21/h4-11H,13H2,1-3H3/b17-4-. The number of hydrogen-bond donors (Lipinski definition) is 0. The third kappa shape index (κ3) is 4.61. The average Bonchev–Trinajstić information content (AvgIpc) is 2.65. The van der Waals surface area contributed by atoms with Gasteiger partial charge in [0.25, 0.3) is 0 Å².